The number of hydrogen-bond acceptors (Lipinski definition) is 3. The Balaban J connectivity index is 4.36. The molecule has 1 N–H and O–H groups in total. The van der Waals surface area contributed by atoms with Crippen LogP contribution in [0.5, 0.6) is 0 Å². The van der Waals surface area contributed by atoms with E-state index in [0.717, 1.165) is 6.42 Å². The van der Waals surface area contributed by atoms with E-state index in [0.29, 0.717) is 19.1 Å². The van der Waals surface area contributed by atoms with Crippen LogP contribution in [0.15, 0.2) is 12.2 Å². The smallest absolute Gasteiger partial charge is 0.146 e. The van der Waals surface area contributed by atoms with E-state index in [-0.39, 0.29) is 12.2 Å². The van der Waals surface area contributed by atoms with Gasteiger partial charge in [0.1, 0.15) is 6.79 Å². The molecule has 3 atom stereocenters. The lowest BCUT2D eigenvalue weighted by Gasteiger charge is -2.26. The number of ether oxygens (including phenoxy) is 2. The molecule has 0 heterocycles. The lowest BCUT2D eigenvalue weighted by atomic mass is 9.91. The van der Waals surface area contributed by atoms with Crippen LogP contribution in [0, 0.1) is 5.92 Å². The summed E-state index contributed by atoms with van der Waals surface area (Å²) >= 11 is 0. The Kier molecular flexibility index (Phi) is 12.4. The summed E-state index contributed by atoms with van der Waals surface area (Å²) in [6, 6.07) is 0. The molecule has 0 saturated heterocycles. The van der Waals surface area contributed by atoms with Crippen molar-refractivity contribution in [2.45, 2.75) is 71.5 Å². The molecule has 0 unspecified atom stereocenters. The Morgan fingerprint density at radius 3 is 2.47 bits per heavy atom. The number of allylic oxidation sites excluding steroid dienone is 1. The maximum Gasteiger partial charge on any atom is 0.146 e. The van der Waals surface area contributed by atoms with Crippen LogP contribution in [0.4, 0.5) is 0 Å². The summed E-state index contributed by atoms with van der Waals surface area (Å²) in [6.45, 7) is 6.36. The Morgan fingerprint density at radius 1 is 1.21 bits per heavy atom. The number of methoxy groups -OCH3 is 1. The zero-order valence-corrected chi connectivity index (χ0v) is 13.1. The lowest BCUT2D eigenvalue weighted by Crippen LogP contribution is -2.27. The van der Waals surface area contributed by atoms with Crippen molar-refractivity contribution in [3.05, 3.63) is 12.2 Å². The first-order chi connectivity index (χ1) is 9.15. The molecule has 0 aliphatic heterocycles. The lowest BCUT2D eigenvalue weighted by molar-refractivity contribution is -0.0975. The fourth-order valence-electron chi connectivity index (χ4n) is 2.32. The predicted molar refractivity (Wildman–Crippen MR) is 80.1 cm³/mol. The maximum absolute atomic E-state index is 9.60. The summed E-state index contributed by atoms with van der Waals surface area (Å²) in [6.07, 6.45) is 10.8. The minimum Gasteiger partial charge on any atom is -0.393 e. The summed E-state index contributed by atoms with van der Waals surface area (Å²) in [5.74, 6) is 0.367. The van der Waals surface area contributed by atoms with Crippen LogP contribution >= 0.6 is 0 Å². The molecule has 0 aromatic heterocycles. The van der Waals surface area contributed by atoms with Crippen LogP contribution in [0.1, 0.15) is 59.3 Å². The molecule has 0 aromatic rings. The number of hydrogen-bond donors (Lipinski definition) is 1. The summed E-state index contributed by atoms with van der Waals surface area (Å²) in [7, 11) is 1.63. The van der Waals surface area contributed by atoms with Gasteiger partial charge in [0.25, 0.3) is 0 Å². The first kappa shape index (κ1) is 18.6. The molecular formula is C16H32O3. The van der Waals surface area contributed by atoms with Gasteiger partial charge in [-0.15, -0.1) is 0 Å². The molecule has 0 amide bonds. The second kappa shape index (κ2) is 12.6. The summed E-state index contributed by atoms with van der Waals surface area (Å²) in [5.41, 5.74) is 0. The van der Waals surface area contributed by atoms with E-state index in [1.807, 2.05) is 13.8 Å². The first-order valence-electron chi connectivity index (χ1n) is 7.57. The van der Waals surface area contributed by atoms with Crippen molar-refractivity contribution in [2.24, 2.45) is 5.92 Å². The molecule has 3 nitrogen and oxygen atoms in total. The fraction of sp³-hybridized carbons (Fsp3) is 0.875. The molecule has 19 heavy (non-hydrogen) atoms. The van der Waals surface area contributed by atoms with Crippen molar-refractivity contribution in [2.75, 3.05) is 13.9 Å². The van der Waals surface area contributed by atoms with Crippen molar-refractivity contribution >= 4 is 0 Å². The van der Waals surface area contributed by atoms with Gasteiger partial charge in [0.2, 0.25) is 0 Å². The van der Waals surface area contributed by atoms with E-state index in [1.54, 1.807) is 7.11 Å². The molecule has 0 saturated carbocycles. The van der Waals surface area contributed by atoms with Crippen molar-refractivity contribution in [3.63, 3.8) is 0 Å². The van der Waals surface area contributed by atoms with Crippen molar-refractivity contribution in [3.8, 4) is 0 Å². The number of aliphatic hydroxyl groups excluding tert-OH is 1. The monoisotopic (exact) mass is 272 g/mol. The molecule has 0 aliphatic rings. The van der Waals surface area contributed by atoms with Gasteiger partial charge in [0.05, 0.1) is 12.2 Å². The van der Waals surface area contributed by atoms with E-state index >= 15 is 0 Å². The van der Waals surface area contributed by atoms with E-state index in [1.165, 1.54) is 25.7 Å². The maximum atomic E-state index is 9.60. The van der Waals surface area contributed by atoms with Crippen LogP contribution in [-0.2, 0) is 9.47 Å². The molecule has 0 aromatic carbocycles. The van der Waals surface area contributed by atoms with Crippen LogP contribution in [-0.4, -0.2) is 31.2 Å². The van der Waals surface area contributed by atoms with Gasteiger partial charge in [-0.25, -0.2) is 0 Å². The second-order valence-corrected chi connectivity index (χ2v) is 5.24. The molecule has 114 valence electrons. The van der Waals surface area contributed by atoms with Crippen LogP contribution < -0.4 is 0 Å². The number of rotatable bonds is 12. The normalized spacial score (nSPS) is 16.7. The number of aliphatic hydroxyl groups is 1. The Hall–Kier alpha value is -0.380. The molecule has 0 aliphatic carbocycles. The van der Waals surface area contributed by atoms with E-state index in [4.69, 9.17) is 9.47 Å². The molecule has 0 fully saturated rings. The van der Waals surface area contributed by atoms with Crippen LogP contribution in [0.25, 0.3) is 0 Å². The van der Waals surface area contributed by atoms with Crippen LogP contribution in [0.2, 0.25) is 0 Å². The zero-order valence-electron chi connectivity index (χ0n) is 13.1. The van der Waals surface area contributed by atoms with Gasteiger partial charge in [0.15, 0.2) is 0 Å². The molecule has 0 spiro atoms. The number of unbranched alkanes of at least 4 members (excludes halogenated alkanes) is 3. The fourth-order valence-corrected chi connectivity index (χ4v) is 2.32. The van der Waals surface area contributed by atoms with Gasteiger partial charge >= 0.3 is 0 Å². The minimum absolute atomic E-state index is 0.0396. The van der Waals surface area contributed by atoms with Crippen molar-refractivity contribution in [1.29, 1.82) is 0 Å². The van der Waals surface area contributed by atoms with Crippen molar-refractivity contribution in [1.82, 2.24) is 0 Å². The highest BCUT2D eigenvalue weighted by molar-refractivity contribution is 4.91. The van der Waals surface area contributed by atoms with Crippen LogP contribution in [0.3, 0.4) is 0 Å². The Labute approximate surface area is 119 Å². The van der Waals surface area contributed by atoms with Gasteiger partial charge in [-0.05, 0) is 26.7 Å². The first-order valence-corrected chi connectivity index (χ1v) is 7.57. The Bertz CT molecular complexity index is 214. The zero-order chi connectivity index (χ0) is 14.5. The quantitative estimate of drug-likeness (QED) is 0.332. The molecule has 0 bridgehead atoms. The third-order valence-corrected chi connectivity index (χ3v) is 3.28. The summed E-state index contributed by atoms with van der Waals surface area (Å²) in [4.78, 5) is 0. The highest BCUT2D eigenvalue weighted by Gasteiger charge is 2.21. The predicted octanol–water partition coefficient (Wildman–Crippen LogP) is 3.91. The highest BCUT2D eigenvalue weighted by Crippen LogP contribution is 2.22. The third kappa shape index (κ3) is 10.1. The average Bonchev–Trinajstić information content (AvgIpc) is 2.38. The van der Waals surface area contributed by atoms with E-state index < -0.39 is 0 Å². The van der Waals surface area contributed by atoms with Gasteiger partial charge in [0, 0.05) is 13.0 Å². The minimum atomic E-state index is -0.342. The highest BCUT2D eigenvalue weighted by atomic mass is 16.7. The largest absolute Gasteiger partial charge is 0.393 e. The van der Waals surface area contributed by atoms with Gasteiger partial charge in [-0.2, -0.15) is 0 Å². The topological polar surface area (TPSA) is 38.7 Å². The molecular weight excluding hydrogens is 240 g/mol. The van der Waals surface area contributed by atoms with E-state index in [9.17, 15) is 5.11 Å². The summed E-state index contributed by atoms with van der Waals surface area (Å²) < 4.78 is 10.7. The molecule has 3 heteroatoms. The average molecular weight is 272 g/mol. The van der Waals surface area contributed by atoms with E-state index in [2.05, 4.69) is 19.1 Å². The molecule has 0 rings (SSSR count). The van der Waals surface area contributed by atoms with Gasteiger partial charge < -0.3 is 14.6 Å². The summed E-state index contributed by atoms with van der Waals surface area (Å²) in [5, 5.41) is 9.60. The Morgan fingerprint density at radius 2 is 1.95 bits per heavy atom. The standard InChI is InChI=1S/C16H32O3/c1-5-7-8-9-11-15(10-6-2)16(12-14(3)17)19-13-18-4/h6,10,14-17H,5,7-9,11-13H2,1-4H3/b10-6+/t14-,15-,16+/m1/s1. The second-order valence-electron chi connectivity index (χ2n) is 5.24. The van der Waals surface area contributed by atoms with Crippen molar-refractivity contribution < 1.29 is 14.6 Å². The molecule has 0 radical (unpaired) electrons. The van der Waals surface area contributed by atoms with Gasteiger partial charge in [-0.1, -0.05) is 44.8 Å². The van der Waals surface area contributed by atoms with Gasteiger partial charge in [-0.3, -0.25) is 0 Å². The SMILES string of the molecule is C/C=C/[C@H](CCCCCC)[C@H](C[C@@H](C)O)OCOC. The third-order valence-electron chi connectivity index (χ3n) is 3.28.